The Hall–Kier alpha value is -3.77. The molecule has 4 aromatic rings. The lowest BCUT2D eigenvalue weighted by atomic mass is 9.88. The van der Waals surface area contributed by atoms with Gasteiger partial charge in [0.1, 0.15) is 10.8 Å². The van der Waals surface area contributed by atoms with Crippen LogP contribution < -0.4 is 10.9 Å². The van der Waals surface area contributed by atoms with Crippen LogP contribution in [0.5, 0.6) is 0 Å². The molecule has 1 fully saturated rings. The van der Waals surface area contributed by atoms with Gasteiger partial charge in [-0.3, -0.25) is 9.69 Å². The predicted molar refractivity (Wildman–Crippen MR) is 149 cm³/mol. The van der Waals surface area contributed by atoms with Gasteiger partial charge in [0, 0.05) is 31.0 Å². The third-order valence-corrected chi connectivity index (χ3v) is 8.05. The largest absolute Gasteiger partial charge is 0.399 e. The molecular weight excluding hydrogens is 535 g/mol. The molecule has 6 rings (SSSR count). The van der Waals surface area contributed by atoms with Gasteiger partial charge in [0.25, 0.3) is 5.56 Å². The van der Waals surface area contributed by atoms with Gasteiger partial charge >= 0.3 is 6.18 Å². The molecule has 0 spiro atoms. The molecule has 2 aliphatic rings. The number of nitrogens with zero attached hydrogens (tertiary/aromatic N) is 6. The molecular formula is C29H32F3N7O2. The number of aromatic nitrogens is 5. The highest BCUT2D eigenvalue weighted by Gasteiger charge is 2.49. The van der Waals surface area contributed by atoms with E-state index >= 15 is 0 Å². The van der Waals surface area contributed by atoms with E-state index in [0.717, 1.165) is 52.3 Å². The van der Waals surface area contributed by atoms with E-state index < -0.39 is 11.6 Å². The highest BCUT2D eigenvalue weighted by Crippen LogP contribution is 2.39. The molecule has 1 N–H and O–H groups in total. The Balaban J connectivity index is 1.37. The molecule has 1 saturated heterocycles. The van der Waals surface area contributed by atoms with Crippen molar-refractivity contribution in [3.63, 3.8) is 0 Å². The number of nitrogens with one attached hydrogen (secondary N) is 1. The summed E-state index contributed by atoms with van der Waals surface area (Å²) in [6, 6.07) is 10.8. The van der Waals surface area contributed by atoms with Crippen LogP contribution in [-0.4, -0.2) is 61.2 Å². The summed E-state index contributed by atoms with van der Waals surface area (Å²) in [7, 11) is 0. The summed E-state index contributed by atoms with van der Waals surface area (Å²) < 4.78 is 49.7. The van der Waals surface area contributed by atoms with Gasteiger partial charge < -0.3 is 10.1 Å². The molecule has 0 amide bonds. The fourth-order valence-corrected chi connectivity index (χ4v) is 5.31. The second kappa shape index (κ2) is 9.95. The van der Waals surface area contributed by atoms with Gasteiger partial charge in [-0.2, -0.15) is 18.2 Å². The van der Waals surface area contributed by atoms with Crippen molar-refractivity contribution in [2.24, 2.45) is 0 Å². The summed E-state index contributed by atoms with van der Waals surface area (Å²) in [5.41, 5.74) is 0.909. The first kappa shape index (κ1) is 27.4. The fraction of sp³-hybridized carbons (Fsp3) is 0.448. The normalized spacial score (nSPS) is 16.7. The molecule has 5 heterocycles. The molecule has 2 aliphatic heterocycles. The lowest BCUT2D eigenvalue weighted by molar-refractivity contribution is -0.181. The summed E-state index contributed by atoms with van der Waals surface area (Å²) in [5, 5.41) is 3.49. The molecule has 3 aromatic heterocycles. The maximum Gasteiger partial charge on any atom is 0.399 e. The number of hydrogen-bond acceptors (Lipinski definition) is 7. The van der Waals surface area contributed by atoms with Crippen LogP contribution in [0.4, 0.5) is 24.8 Å². The first-order valence-electron chi connectivity index (χ1n) is 13.7. The van der Waals surface area contributed by atoms with Crippen molar-refractivity contribution < 1.29 is 17.9 Å². The number of halogens is 3. The van der Waals surface area contributed by atoms with Crippen LogP contribution >= 0.6 is 0 Å². The molecule has 0 aliphatic carbocycles. The molecule has 216 valence electrons. The van der Waals surface area contributed by atoms with E-state index in [1.165, 1.54) is 38.8 Å². The van der Waals surface area contributed by atoms with Crippen LogP contribution in [-0.2, 0) is 23.1 Å². The molecule has 0 atom stereocenters. The maximum absolute atomic E-state index is 13.8. The van der Waals surface area contributed by atoms with Gasteiger partial charge in [0.15, 0.2) is 11.5 Å². The molecule has 9 nitrogen and oxygen atoms in total. The average molecular weight is 568 g/mol. The first-order chi connectivity index (χ1) is 19.4. The van der Waals surface area contributed by atoms with Crippen LogP contribution in [0.1, 0.15) is 50.6 Å². The van der Waals surface area contributed by atoms with Crippen molar-refractivity contribution >= 4 is 22.7 Å². The molecule has 0 saturated carbocycles. The number of alkyl halides is 3. The van der Waals surface area contributed by atoms with Gasteiger partial charge in [0.05, 0.1) is 24.9 Å². The minimum absolute atomic E-state index is 0.156. The SMILES string of the molecule is CC(C)n1c(=O)c2cnc(Nc3ccc4c(c3)CCN(C3COC3)C4)nc2n1-c1cccc(C(C)(C)C(F)(F)F)n1. The molecule has 0 unspecified atom stereocenters. The van der Waals surface area contributed by atoms with Gasteiger partial charge in [-0.1, -0.05) is 12.1 Å². The first-order valence-corrected chi connectivity index (χ1v) is 13.7. The molecule has 0 radical (unpaired) electrons. The molecule has 0 bridgehead atoms. The number of ether oxygens (including phenoxy) is 1. The standard InChI is InChI=1S/C29H32F3N7O2/c1-17(2)38-26(40)22-13-33-27(34-20-9-8-19-14-37(21-15-41-16-21)11-10-18(19)12-20)36-25(22)39(38)24-7-5-6-23(35-24)28(3,4)29(30,31)32/h5-9,12-13,17,21H,10-11,14-16H2,1-4H3,(H,33,34,36). The summed E-state index contributed by atoms with van der Waals surface area (Å²) in [6.07, 6.45) is -2.13. The highest BCUT2D eigenvalue weighted by atomic mass is 19.4. The lowest BCUT2D eigenvalue weighted by Crippen LogP contribution is -2.50. The summed E-state index contributed by atoms with van der Waals surface area (Å²) in [4.78, 5) is 29.2. The zero-order valence-corrected chi connectivity index (χ0v) is 23.4. The van der Waals surface area contributed by atoms with Gasteiger partial charge in [-0.25, -0.2) is 19.3 Å². The van der Waals surface area contributed by atoms with Gasteiger partial charge in [-0.05, 0) is 69.5 Å². The molecule has 1 aromatic carbocycles. The topological polar surface area (TPSA) is 90.1 Å². The summed E-state index contributed by atoms with van der Waals surface area (Å²) in [5.74, 6) is 0.434. The fourth-order valence-electron chi connectivity index (χ4n) is 5.31. The van der Waals surface area contributed by atoms with E-state index in [1.807, 2.05) is 19.9 Å². The Labute approximate surface area is 235 Å². The second-order valence-electron chi connectivity index (χ2n) is 11.5. The van der Waals surface area contributed by atoms with Crippen LogP contribution in [0.25, 0.3) is 16.9 Å². The van der Waals surface area contributed by atoms with Gasteiger partial charge in [0.2, 0.25) is 5.95 Å². The number of hydrogen-bond donors (Lipinski definition) is 1. The molecule has 41 heavy (non-hydrogen) atoms. The van der Waals surface area contributed by atoms with Gasteiger partial charge in [-0.15, -0.1) is 0 Å². The van der Waals surface area contributed by atoms with Crippen LogP contribution in [0.3, 0.4) is 0 Å². The van der Waals surface area contributed by atoms with Crippen molar-refractivity contribution in [3.05, 3.63) is 69.8 Å². The number of anilines is 2. The lowest BCUT2D eigenvalue weighted by Gasteiger charge is -2.40. The van der Waals surface area contributed by atoms with Crippen molar-refractivity contribution in [3.8, 4) is 5.82 Å². The van der Waals surface area contributed by atoms with Crippen molar-refractivity contribution in [2.75, 3.05) is 25.1 Å². The quantitative estimate of drug-likeness (QED) is 0.355. The van der Waals surface area contributed by atoms with Crippen molar-refractivity contribution in [1.82, 2.24) is 29.2 Å². The predicted octanol–water partition coefficient (Wildman–Crippen LogP) is 4.90. The van der Waals surface area contributed by atoms with E-state index in [2.05, 4.69) is 37.3 Å². The summed E-state index contributed by atoms with van der Waals surface area (Å²) in [6.45, 7) is 9.25. The van der Waals surface area contributed by atoms with E-state index in [0.29, 0.717) is 6.04 Å². The Morgan fingerprint density at radius 1 is 1.07 bits per heavy atom. The highest BCUT2D eigenvalue weighted by molar-refractivity contribution is 5.77. The Morgan fingerprint density at radius 2 is 1.85 bits per heavy atom. The Kier molecular flexibility index (Phi) is 6.65. The third kappa shape index (κ3) is 4.78. The minimum atomic E-state index is -4.51. The van der Waals surface area contributed by atoms with Crippen LogP contribution in [0, 0.1) is 0 Å². The monoisotopic (exact) mass is 567 g/mol. The smallest absolute Gasteiger partial charge is 0.378 e. The van der Waals surface area contributed by atoms with Crippen molar-refractivity contribution in [2.45, 2.75) is 64.3 Å². The summed E-state index contributed by atoms with van der Waals surface area (Å²) >= 11 is 0. The number of pyridine rings is 1. The second-order valence-corrected chi connectivity index (χ2v) is 11.5. The Bertz CT molecular complexity index is 1670. The number of benzene rings is 1. The zero-order valence-electron chi connectivity index (χ0n) is 23.4. The maximum atomic E-state index is 13.8. The van der Waals surface area contributed by atoms with E-state index in [9.17, 15) is 18.0 Å². The minimum Gasteiger partial charge on any atom is -0.378 e. The van der Waals surface area contributed by atoms with E-state index in [4.69, 9.17) is 4.74 Å². The van der Waals surface area contributed by atoms with Crippen LogP contribution in [0.15, 0.2) is 47.4 Å². The average Bonchev–Trinajstić information content (AvgIpc) is 3.19. The van der Waals surface area contributed by atoms with E-state index in [1.54, 1.807) is 6.07 Å². The zero-order chi connectivity index (χ0) is 29.1. The van der Waals surface area contributed by atoms with Crippen LogP contribution in [0.2, 0.25) is 0 Å². The third-order valence-electron chi connectivity index (χ3n) is 8.05. The number of fused-ring (bicyclic) bond motifs is 2. The molecule has 12 heteroatoms. The number of rotatable bonds is 6. The van der Waals surface area contributed by atoms with Crippen molar-refractivity contribution in [1.29, 1.82) is 0 Å². The Morgan fingerprint density at radius 3 is 2.54 bits per heavy atom. The van der Waals surface area contributed by atoms with E-state index in [-0.39, 0.29) is 40.1 Å².